The van der Waals surface area contributed by atoms with Crippen LogP contribution in [0.3, 0.4) is 0 Å². The summed E-state index contributed by atoms with van der Waals surface area (Å²) in [4.78, 5) is 14.4. The molecular weight excluding hydrogens is 188 g/mol. The minimum absolute atomic E-state index is 0.261. The maximum absolute atomic E-state index is 12.2. The van der Waals surface area contributed by atoms with Crippen LogP contribution < -0.4 is 5.32 Å². The predicted molar refractivity (Wildman–Crippen MR) is 60.5 cm³/mol. The van der Waals surface area contributed by atoms with Crippen LogP contribution in [0.2, 0.25) is 0 Å². The zero-order valence-electron chi connectivity index (χ0n) is 9.83. The highest BCUT2D eigenvalue weighted by Gasteiger charge is 2.37. The molecule has 2 rings (SSSR count). The molecule has 15 heavy (non-hydrogen) atoms. The zero-order valence-corrected chi connectivity index (χ0v) is 9.83. The van der Waals surface area contributed by atoms with E-state index in [2.05, 4.69) is 24.1 Å². The molecule has 0 spiro atoms. The van der Waals surface area contributed by atoms with Crippen molar-refractivity contribution < 1.29 is 4.79 Å². The molecule has 0 aromatic carbocycles. The summed E-state index contributed by atoms with van der Waals surface area (Å²) in [7, 11) is 0. The van der Waals surface area contributed by atoms with E-state index in [-0.39, 0.29) is 5.92 Å². The molecular formula is C12H22N2O. The van der Waals surface area contributed by atoms with Gasteiger partial charge in [-0.1, -0.05) is 13.8 Å². The summed E-state index contributed by atoms with van der Waals surface area (Å²) in [5.41, 5.74) is 0. The molecule has 0 bridgehead atoms. The lowest BCUT2D eigenvalue weighted by Crippen LogP contribution is -2.60. The second kappa shape index (κ2) is 4.52. The molecule has 1 aliphatic heterocycles. The van der Waals surface area contributed by atoms with Crippen LogP contribution in [0.25, 0.3) is 0 Å². The highest BCUT2D eigenvalue weighted by Crippen LogP contribution is 2.37. The predicted octanol–water partition coefficient (Wildman–Crippen LogP) is 1.24. The fraction of sp³-hybridized carbons (Fsp3) is 0.917. The van der Waals surface area contributed by atoms with E-state index >= 15 is 0 Å². The largest absolute Gasteiger partial charge is 0.337 e. The first-order chi connectivity index (χ1) is 7.24. The van der Waals surface area contributed by atoms with E-state index in [4.69, 9.17) is 0 Å². The number of hydrogen-bond acceptors (Lipinski definition) is 2. The monoisotopic (exact) mass is 210 g/mol. The average molecular weight is 210 g/mol. The van der Waals surface area contributed by atoms with Crippen molar-refractivity contribution in [3.8, 4) is 0 Å². The Morgan fingerprint density at radius 2 is 2.13 bits per heavy atom. The molecule has 1 atom stereocenters. The van der Waals surface area contributed by atoms with Gasteiger partial charge in [-0.2, -0.15) is 0 Å². The van der Waals surface area contributed by atoms with Gasteiger partial charge in [0, 0.05) is 25.6 Å². The Kier molecular flexibility index (Phi) is 3.29. The first-order valence-corrected chi connectivity index (χ1v) is 6.25. The molecule has 1 aliphatic carbocycles. The summed E-state index contributed by atoms with van der Waals surface area (Å²) in [5.74, 6) is 1.34. The van der Waals surface area contributed by atoms with E-state index in [1.54, 1.807) is 0 Å². The number of amides is 1. The first-order valence-electron chi connectivity index (χ1n) is 6.25. The second-order valence-electron chi connectivity index (χ2n) is 4.97. The quantitative estimate of drug-likeness (QED) is 0.740. The Hall–Kier alpha value is -0.570. The number of nitrogens with zero attached hydrogens (tertiary/aromatic N) is 1. The maximum Gasteiger partial charge on any atom is 0.226 e. The number of rotatable bonds is 5. The van der Waals surface area contributed by atoms with Crippen molar-refractivity contribution in [2.45, 2.75) is 39.2 Å². The fourth-order valence-electron chi connectivity index (χ4n) is 2.27. The van der Waals surface area contributed by atoms with Gasteiger partial charge in [0.1, 0.15) is 0 Å². The lowest BCUT2D eigenvalue weighted by molar-refractivity contribution is -0.139. The zero-order chi connectivity index (χ0) is 10.8. The number of nitrogens with one attached hydrogen (secondary N) is 1. The lowest BCUT2D eigenvalue weighted by Gasteiger charge is -2.39. The van der Waals surface area contributed by atoms with Crippen molar-refractivity contribution in [2.24, 2.45) is 11.8 Å². The SMILES string of the molecule is CCCN(C(=O)C(C)C1CC1)C1CNC1. The summed E-state index contributed by atoms with van der Waals surface area (Å²) in [5, 5.41) is 3.24. The average Bonchev–Trinajstić information content (AvgIpc) is 2.95. The van der Waals surface area contributed by atoms with Gasteiger partial charge in [-0.15, -0.1) is 0 Å². The third kappa shape index (κ3) is 2.33. The van der Waals surface area contributed by atoms with Gasteiger partial charge >= 0.3 is 0 Å². The van der Waals surface area contributed by atoms with Crippen LogP contribution in [0.4, 0.5) is 0 Å². The van der Waals surface area contributed by atoms with Crippen LogP contribution in [0.1, 0.15) is 33.1 Å². The summed E-state index contributed by atoms with van der Waals surface area (Å²) in [6, 6.07) is 0.471. The van der Waals surface area contributed by atoms with Crippen molar-refractivity contribution >= 4 is 5.91 Å². The van der Waals surface area contributed by atoms with Crippen LogP contribution in [-0.2, 0) is 4.79 Å². The topological polar surface area (TPSA) is 32.3 Å². The summed E-state index contributed by atoms with van der Waals surface area (Å²) < 4.78 is 0. The lowest BCUT2D eigenvalue weighted by atomic mass is 10.0. The number of carbonyl (C=O) groups excluding carboxylic acids is 1. The van der Waals surface area contributed by atoms with Crippen molar-refractivity contribution in [1.29, 1.82) is 0 Å². The summed E-state index contributed by atoms with van der Waals surface area (Å²) >= 11 is 0. The van der Waals surface area contributed by atoms with E-state index in [0.29, 0.717) is 17.9 Å². The van der Waals surface area contributed by atoms with E-state index in [1.165, 1.54) is 12.8 Å². The minimum Gasteiger partial charge on any atom is -0.337 e. The molecule has 1 unspecified atom stereocenters. The van der Waals surface area contributed by atoms with Gasteiger partial charge in [-0.05, 0) is 25.2 Å². The standard InChI is InChI=1S/C12H22N2O/c1-3-6-14(11-7-13-8-11)12(15)9(2)10-4-5-10/h9-11,13H,3-8H2,1-2H3. The third-order valence-electron chi connectivity index (χ3n) is 3.67. The molecule has 0 aromatic rings. The maximum atomic E-state index is 12.2. The van der Waals surface area contributed by atoms with E-state index in [1.807, 2.05) is 0 Å². The smallest absolute Gasteiger partial charge is 0.226 e. The molecule has 1 heterocycles. The first kappa shape index (κ1) is 10.9. The fourth-order valence-corrected chi connectivity index (χ4v) is 2.27. The number of carbonyl (C=O) groups is 1. The number of hydrogen-bond donors (Lipinski definition) is 1. The second-order valence-corrected chi connectivity index (χ2v) is 4.97. The van der Waals surface area contributed by atoms with E-state index < -0.39 is 0 Å². The Morgan fingerprint density at radius 1 is 1.47 bits per heavy atom. The highest BCUT2D eigenvalue weighted by atomic mass is 16.2. The third-order valence-corrected chi connectivity index (χ3v) is 3.67. The van der Waals surface area contributed by atoms with Crippen molar-refractivity contribution in [3.63, 3.8) is 0 Å². The molecule has 0 radical (unpaired) electrons. The van der Waals surface area contributed by atoms with Crippen LogP contribution in [-0.4, -0.2) is 36.5 Å². The van der Waals surface area contributed by atoms with E-state index in [0.717, 1.165) is 26.1 Å². The molecule has 86 valence electrons. The Bertz CT molecular complexity index is 234. The van der Waals surface area contributed by atoms with Crippen molar-refractivity contribution in [1.82, 2.24) is 10.2 Å². The Balaban J connectivity index is 1.92. The van der Waals surface area contributed by atoms with Crippen LogP contribution in [0.15, 0.2) is 0 Å². The molecule has 3 heteroatoms. The molecule has 2 fully saturated rings. The van der Waals surface area contributed by atoms with Crippen molar-refractivity contribution in [3.05, 3.63) is 0 Å². The molecule has 3 nitrogen and oxygen atoms in total. The summed E-state index contributed by atoms with van der Waals surface area (Å²) in [6.07, 6.45) is 3.59. The van der Waals surface area contributed by atoms with Gasteiger partial charge in [0.2, 0.25) is 5.91 Å². The van der Waals surface area contributed by atoms with Crippen LogP contribution in [0, 0.1) is 11.8 Å². The molecule has 1 saturated heterocycles. The van der Waals surface area contributed by atoms with E-state index in [9.17, 15) is 4.79 Å². The molecule has 1 amide bonds. The highest BCUT2D eigenvalue weighted by molar-refractivity contribution is 5.79. The van der Waals surface area contributed by atoms with Gasteiger partial charge in [-0.3, -0.25) is 4.79 Å². The Labute approximate surface area is 92.2 Å². The van der Waals surface area contributed by atoms with Gasteiger partial charge in [0.05, 0.1) is 6.04 Å². The van der Waals surface area contributed by atoms with Gasteiger partial charge < -0.3 is 10.2 Å². The van der Waals surface area contributed by atoms with Crippen molar-refractivity contribution in [2.75, 3.05) is 19.6 Å². The molecule has 1 N–H and O–H groups in total. The van der Waals surface area contributed by atoms with Gasteiger partial charge in [0.15, 0.2) is 0 Å². The van der Waals surface area contributed by atoms with Crippen LogP contribution >= 0.6 is 0 Å². The Morgan fingerprint density at radius 3 is 2.53 bits per heavy atom. The molecule has 0 aromatic heterocycles. The summed E-state index contributed by atoms with van der Waals surface area (Å²) in [6.45, 7) is 7.16. The van der Waals surface area contributed by atoms with Crippen LogP contribution in [0.5, 0.6) is 0 Å². The van der Waals surface area contributed by atoms with Gasteiger partial charge in [-0.25, -0.2) is 0 Å². The molecule has 2 aliphatic rings. The molecule has 1 saturated carbocycles. The van der Waals surface area contributed by atoms with Gasteiger partial charge in [0.25, 0.3) is 0 Å². The minimum atomic E-state index is 0.261. The normalized spacial score (nSPS) is 23.3.